The van der Waals surface area contributed by atoms with Gasteiger partial charge in [-0.25, -0.2) is 4.39 Å². The molecule has 1 aliphatic rings. The third-order valence-electron chi connectivity index (χ3n) is 4.64. The summed E-state index contributed by atoms with van der Waals surface area (Å²) in [7, 11) is 0. The summed E-state index contributed by atoms with van der Waals surface area (Å²) in [6.07, 6.45) is 3.29. The third kappa shape index (κ3) is 2.65. The molecule has 1 fully saturated rings. The SMILES string of the molecule is CCC1(CC)CCN(C(=O)c2ccc(F)cc2C)C1. The largest absolute Gasteiger partial charge is 0.338 e. The first kappa shape index (κ1) is 14.0. The van der Waals surface area contributed by atoms with E-state index in [0.717, 1.165) is 37.9 Å². The number of hydrogen-bond donors (Lipinski definition) is 0. The van der Waals surface area contributed by atoms with Gasteiger partial charge in [-0.3, -0.25) is 4.79 Å². The highest BCUT2D eigenvalue weighted by Crippen LogP contribution is 2.37. The molecular weight excluding hydrogens is 241 g/mol. The van der Waals surface area contributed by atoms with Gasteiger partial charge in [0, 0.05) is 18.7 Å². The molecule has 0 N–H and O–H groups in total. The number of benzene rings is 1. The Morgan fingerprint density at radius 2 is 2.05 bits per heavy atom. The number of nitrogens with zero attached hydrogens (tertiary/aromatic N) is 1. The Bertz CT molecular complexity index is 480. The van der Waals surface area contributed by atoms with Gasteiger partial charge in [0.1, 0.15) is 5.82 Å². The maximum atomic E-state index is 13.1. The maximum Gasteiger partial charge on any atom is 0.254 e. The molecule has 104 valence electrons. The van der Waals surface area contributed by atoms with E-state index < -0.39 is 0 Å². The molecule has 1 amide bonds. The molecule has 2 rings (SSSR count). The Kier molecular flexibility index (Phi) is 3.93. The number of halogens is 1. The van der Waals surface area contributed by atoms with E-state index in [2.05, 4.69) is 13.8 Å². The van der Waals surface area contributed by atoms with E-state index in [0.29, 0.717) is 5.56 Å². The van der Waals surface area contributed by atoms with Crippen molar-refractivity contribution in [3.05, 3.63) is 35.1 Å². The maximum absolute atomic E-state index is 13.1. The van der Waals surface area contributed by atoms with Crippen molar-refractivity contribution in [1.29, 1.82) is 0 Å². The van der Waals surface area contributed by atoms with Crippen molar-refractivity contribution in [3.63, 3.8) is 0 Å². The molecule has 19 heavy (non-hydrogen) atoms. The molecular formula is C16H22FNO. The smallest absolute Gasteiger partial charge is 0.254 e. The topological polar surface area (TPSA) is 20.3 Å². The molecule has 2 nitrogen and oxygen atoms in total. The molecule has 1 aromatic carbocycles. The predicted molar refractivity (Wildman–Crippen MR) is 74.7 cm³/mol. The average molecular weight is 263 g/mol. The van der Waals surface area contributed by atoms with Crippen molar-refractivity contribution in [2.24, 2.45) is 5.41 Å². The van der Waals surface area contributed by atoms with E-state index in [4.69, 9.17) is 0 Å². The summed E-state index contributed by atoms with van der Waals surface area (Å²) < 4.78 is 13.1. The lowest BCUT2D eigenvalue weighted by molar-refractivity contribution is 0.0769. The van der Waals surface area contributed by atoms with Crippen LogP contribution < -0.4 is 0 Å². The van der Waals surface area contributed by atoms with E-state index in [1.807, 2.05) is 4.90 Å². The molecule has 1 aromatic rings. The molecule has 0 aromatic heterocycles. The summed E-state index contributed by atoms with van der Waals surface area (Å²) in [6, 6.07) is 4.39. The lowest BCUT2D eigenvalue weighted by atomic mass is 9.82. The molecule has 1 heterocycles. The highest BCUT2D eigenvalue weighted by atomic mass is 19.1. The van der Waals surface area contributed by atoms with Crippen LogP contribution in [0.1, 0.15) is 49.0 Å². The summed E-state index contributed by atoms with van der Waals surface area (Å²) in [5, 5.41) is 0. The van der Waals surface area contributed by atoms with Crippen molar-refractivity contribution in [2.75, 3.05) is 13.1 Å². The second-order valence-corrected chi connectivity index (χ2v) is 5.64. The average Bonchev–Trinajstić information content (AvgIpc) is 2.83. The van der Waals surface area contributed by atoms with Gasteiger partial charge in [0.2, 0.25) is 0 Å². The minimum atomic E-state index is -0.285. The number of carbonyl (C=O) groups excluding carboxylic acids is 1. The van der Waals surface area contributed by atoms with Gasteiger partial charge in [-0.05, 0) is 55.4 Å². The lowest BCUT2D eigenvalue weighted by Crippen LogP contribution is -2.32. The highest BCUT2D eigenvalue weighted by molar-refractivity contribution is 5.95. The quantitative estimate of drug-likeness (QED) is 0.812. The summed E-state index contributed by atoms with van der Waals surface area (Å²) >= 11 is 0. The molecule has 0 bridgehead atoms. The van der Waals surface area contributed by atoms with Crippen LogP contribution in [0.25, 0.3) is 0 Å². The van der Waals surface area contributed by atoms with Gasteiger partial charge in [-0.2, -0.15) is 0 Å². The first-order valence-electron chi connectivity index (χ1n) is 7.07. The summed E-state index contributed by atoms with van der Waals surface area (Å²) in [4.78, 5) is 14.4. The van der Waals surface area contributed by atoms with E-state index in [-0.39, 0.29) is 17.1 Å². The van der Waals surface area contributed by atoms with E-state index >= 15 is 0 Å². The number of hydrogen-bond acceptors (Lipinski definition) is 1. The van der Waals surface area contributed by atoms with Crippen LogP contribution in [0.4, 0.5) is 4.39 Å². The van der Waals surface area contributed by atoms with Crippen LogP contribution in [0, 0.1) is 18.2 Å². The van der Waals surface area contributed by atoms with Gasteiger partial charge in [0.15, 0.2) is 0 Å². The van der Waals surface area contributed by atoms with Crippen molar-refractivity contribution in [1.82, 2.24) is 4.90 Å². The van der Waals surface area contributed by atoms with Gasteiger partial charge in [-0.15, -0.1) is 0 Å². The second kappa shape index (κ2) is 5.32. The highest BCUT2D eigenvalue weighted by Gasteiger charge is 2.37. The fourth-order valence-corrected chi connectivity index (χ4v) is 2.97. The van der Waals surface area contributed by atoms with Gasteiger partial charge >= 0.3 is 0 Å². The van der Waals surface area contributed by atoms with E-state index in [1.54, 1.807) is 13.0 Å². The second-order valence-electron chi connectivity index (χ2n) is 5.64. The number of rotatable bonds is 3. The summed E-state index contributed by atoms with van der Waals surface area (Å²) in [5.74, 6) is -0.242. The third-order valence-corrected chi connectivity index (χ3v) is 4.64. The Labute approximate surface area is 114 Å². The molecule has 3 heteroatoms. The van der Waals surface area contributed by atoms with Crippen LogP contribution in [0.15, 0.2) is 18.2 Å². The Hall–Kier alpha value is -1.38. The van der Waals surface area contributed by atoms with Crippen LogP contribution in [-0.2, 0) is 0 Å². The first-order chi connectivity index (χ1) is 9.01. The van der Waals surface area contributed by atoms with E-state index in [9.17, 15) is 9.18 Å². The Balaban J connectivity index is 2.17. The zero-order valence-electron chi connectivity index (χ0n) is 12.0. The van der Waals surface area contributed by atoms with Crippen LogP contribution >= 0.6 is 0 Å². The number of likely N-dealkylation sites (tertiary alicyclic amines) is 1. The monoisotopic (exact) mass is 263 g/mol. The molecule has 0 saturated carbocycles. The van der Waals surface area contributed by atoms with Crippen molar-refractivity contribution < 1.29 is 9.18 Å². The predicted octanol–water partition coefficient (Wildman–Crippen LogP) is 3.79. The molecule has 1 aliphatic heterocycles. The molecule has 0 unspecified atom stereocenters. The van der Waals surface area contributed by atoms with Crippen LogP contribution in [0.2, 0.25) is 0 Å². The minimum Gasteiger partial charge on any atom is -0.338 e. The minimum absolute atomic E-state index is 0.0428. The standard InChI is InChI=1S/C16H22FNO/c1-4-16(5-2)8-9-18(11-16)15(19)14-7-6-13(17)10-12(14)3/h6-7,10H,4-5,8-9,11H2,1-3H3. The van der Waals surface area contributed by atoms with Crippen molar-refractivity contribution in [2.45, 2.75) is 40.0 Å². The molecule has 0 atom stereocenters. The van der Waals surface area contributed by atoms with Gasteiger partial charge in [0.05, 0.1) is 0 Å². The number of aryl methyl sites for hydroxylation is 1. The number of amides is 1. The Morgan fingerprint density at radius 1 is 1.37 bits per heavy atom. The first-order valence-corrected chi connectivity index (χ1v) is 7.07. The molecule has 0 aliphatic carbocycles. The summed E-state index contributed by atoms with van der Waals surface area (Å²) in [6.45, 7) is 7.83. The lowest BCUT2D eigenvalue weighted by Gasteiger charge is -2.26. The zero-order valence-corrected chi connectivity index (χ0v) is 12.0. The molecule has 1 saturated heterocycles. The van der Waals surface area contributed by atoms with Crippen molar-refractivity contribution in [3.8, 4) is 0 Å². The normalized spacial score (nSPS) is 17.8. The molecule has 0 radical (unpaired) electrons. The fraction of sp³-hybridized carbons (Fsp3) is 0.562. The van der Waals surface area contributed by atoms with Crippen LogP contribution in [0.3, 0.4) is 0 Å². The van der Waals surface area contributed by atoms with Gasteiger partial charge in [0.25, 0.3) is 5.91 Å². The Morgan fingerprint density at radius 3 is 2.58 bits per heavy atom. The number of carbonyl (C=O) groups is 1. The van der Waals surface area contributed by atoms with E-state index in [1.165, 1.54) is 12.1 Å². The zero-order chi connectivity index (χ0) is 14.0. The fourth-order valence-electron chi connectivity index (χ4n) is 2.97. The van der Waals surface area contributed by atoms with Crippen LogP contribution in [0.5, 0.6) is 0 Å². The van der Waals surface area contributed by atoms with Gasteiger partial charge in [-0.1, -0.05) is 13.8 Å². The summed E-state index contributed by atoms with van der Waals surface area (Å²) in [5.41, 5.74) is 1.63. The van der Waals surface area contributed by atoms with Crippen LogP contribution in [-0.4, -0.2) is 23.9 Å². The van der Waals surface area contributed by atoms with Crippen molar-refractivity contribution >= 4 is 5.91 Å². The van der Waals surface area contributed by atoms with Gasteiger partial charge < -0.3 is 4.90 Å². The molecule has 0 spiro atoms.